The number of primary amides is 1. The van der Waals surface area contributed by atoms with E-state index >= 15 is 0 Å². The quantitative estimate of drug-likeness (QED) is 0.0167. The van der Waals surface area contributed by atoms with E-state index in [1.165, 1.54) is 0 Å². The molecule has 0 spiro atoms. The molecule has 0 saturated heterocycles. The fourth-order valence-electron chi connectivity index (χ4n) is 5.30. The molecule has 0 heterocycles. The van der Waals surface area contributed by atoms with Crippen LogP contribution in [0.2, 0.25) is 5.21 Å². The van der Waals surface area contributed by atoms with Crippen molar-refractivity contribution < 1.29 is 28.4 Å². The molecule has 45 heavy (non-hydrogen) atoms. The Morgan fingerprint density at radius 1 is 1.04 bits per heavy atom. The number of allylic oxidation sites excluding steroid dienone is 1. The van der Waals surface area contributed by atoms with E-state index in [2.05, 4.69) is 65.6 Å². The van der Waals surface area contributed by atoms with E-state index in [0.717, 1.165) is 54.9 Å². The van der Waals surface area contributed by atoms with Gasteiger partial charge < -0.3 is 20.5 Å². The minimum Gasteiger partial charge on any atom is -0.385 e. The molecule has 1 aliphatic rings. The summed E-state index contributed by atoms with van der Waals surface area (Å²) in [7, 11) is 1.63. The molecule has 1 aliphatic carbocycles. The summed E-state index contributed by atoms with van der Waals surface area (Å²) in [6.07, 6.45) is 10.4. The van der Waals surface area contributed by atoms with E-state index in [4.69, 9.17) is 32.2 Å². The number of thiol groups is 1. The molecular weight excluding hydrogens is 672 g/mol. The third-order valence-corrected chi connectivity index (χ3v) is 10.3. The molecule has 1 saturated carbocycles. The second kappa shape index (κ2) is 24.0. The Morgan fingerprint density at radius 3 is 2.36 bits per heavy atom. The Labute approximate surface area is 286 Å². The summed E-state index contributed by atoms with van der Waals surface area (Å²) in [5.41, 5.74) is 6.95. The van der Waals surface area contributed by atoms with Gasteiger partial charge in [0.25, 0.3) is 0 Å². The second-order valence-electron chi connectivity index (χ2n) is 12.2. The molecule has 5 N–H and O–H groups in total. The van der Waals surface area contributed by atoms with E-state index < -0.39 is 6.09 Å². The van der Waals surface area contributed by atoms with E-state index in [1.807, 2.05) is 4.58 Å². The number of hydrogen-bond donors (Lipinski definition) is 5. The van der Waals surface area contributed by atoms with Gasteiger partial charge in [0.2, 0.25) is 5.91 Å². The molecule has 258 valence electrons. The van der Waals surface area contributed by atoms with E-state index in [9.17, 15) is 9.59 Å². The molecule has 1 fully saturated rings. The number of carbonyl (C=O) groups is 2. The number of methoxy groups -OCH3 is 1. The number of nitrogens with one attached hydrogen (secondary N) is 3. The minimum atomic E-state index is -1.38. The van der Waals surface area contributed by atoms with Crippen LogP contribution < -0.4 is 21.7 Å². The topological polar surface area (TPSA) is 127 Å². The normalized spacial score (nSPS) is 19.1. The third kappa shape index (κ3) is 20.6. The molecule has 1 rings (SSSR count). The zero-order valence-electron chi connectivity index (χ0n) is 27.8. The molecule has 3 unspecified atom stereocenters. The Kier molecular flexibility index (Phi) is 22.3. The van der Waals surface area contributed by atoms with Crippen molar-refractivity contribution in [2.45, 2.75) is 75.2 Å². The molecule has 2 radical (unpaired) electrons. The number of amides is 2. The first-order chi connectivity index (χ1) is 21.4. The van der Waals surface area contributed by atoms with Gasteiger partial charge in [-0.05, 0) is 38.0 Å². The number of carbonyl (C=O) groups excluding carboxylic acids is 2. The molecule has 0 bridgehead atoms. The first-order valence-electron chi connectivity index (χ1n) is 16.1. The molecule has 13 heteroatoms. The van der Waals surface area contributed by atoms with Crippen molar-refractivity contribution in [3.8, 4) is 0 Å². The Bertz CT molecular complexity index is 974. The number of hydrogen-bond acceptors (Lipinski definition) is 8. The predicted octanol–water partition coefficient (Wildman–Crippen LogP) is 3.15. The van der Waals surface area contributed by atoms with Gasteiger partial charge in [-0.1, -0.05) is 19.0 Å². The SMILES string of the molecule is C=C(CCC(NC(=O)C1CCC(CP(=C)(C)S)CC1)[N+](=C)CCOCCC[As])NC(CCC(N)=O)C(=C)NCCOCCOC. The molecule has 2 amide bonds. The van der Waals surface area contributed by atoms with Gasteiger partial charge in [-0.2, -0.15) is 12.2 Å². The summed E-state index contributed by atoms with van der Waals surface area (Å²) in [5, 5.41) is 11.0. The minimum absolute atomic E-state index is 0.00205. The zero-order valence-corrected chi connectivity index (χ0v) is 31.4. The molecule has 0 aliphatic heterocycles. The van der Waals surface area contributed by atoms with Crippen LogP contribution in [-0.4, -0.2) is 125 Å². The van der Waals surface area contributed by atoms with Crippen LogP contribution >= 0.6 is 18.3 Å². The van der Waals surface area contributed by atoms with Crippen molar-refractivity contribution in [3.05, 3.63) is 24.6 Å². The molecule has 10 nitrogen and oxygen atoms in total. The van der Waals surface area contributed by atoms with Crippen LogP contribution in [-0.2, 0) is 23.8 Å². The molecular formula is C32H60AsN5O5PS+. The molecule has 0 aromatic heterocycles. The summed E-state index contributed by atoms with van der Waals surface area (Å²) >= 11 is 7.28. The van der Waals surface area contributed by atoms with Gasteiger partial charge in [-0.25, -0.2) is 0 Å². The number of rotatable bonds is 27. The van der Waals surface area contributed by atoms with Crippen LogP contribution in [0, 0.1) is 11.8 Å². The Hall–Kier alpha value is -1.22. The monoisotopic (exact) mass is 732 g/mol. The summed E-state index contributed by atoms with van der Waals surface area (Å²) in [6.45, 7) is 18.8. The van der Waals surface area contributed by atoms with E-state index in [-0.39, 0.29) is 36.4 Å². The van der Waals surface area contributed by atoms with Crippen molar-refractivity contribution in [3.63, 3.8) is 0 Å². The maximum absolute atomic E-state index is 13.4. The third-order valence-electron chi connectivity index (χ3n) is 7.82. The summed E-state index contributed by atoms with van der Waals surface area (Å²) < 4.78 is 18.2. The second-order valence-corrected chi connectivity index (χ2v) is 19.0. The summed E-state index contributed by atoms with van der Waals surface area (Å²) in [5.74, 6) is 0.308. The Morgan fingerprint density at radius 2 is 1.73 bits per heavy atom. The molecule has 3 atom stereocenters. The average Bonchev–Trinajstić information content (AvgIpc) is 2.98. The molecule has 0 aromatic rings. The smallest absolute Gasteiger partial charge is 0.385 e. The first kappa shape index (κ1) is 41.8. The number of nitrogens with zero attached hydrogens (tertiary/aromatic N) is 1. The fraction of sp³-hybridized carbons (Fsp3) is 0.750. The van der Waals surface area contributed by atoms with Crippen LogP contribution in [0.5, 0.6) is 0 Å². The van der Waals surface area contributed by atoms with Gasteiger partial charge in [0.05, 0.1) is 25.9 Å². The summed E-state index contributed by atoms with van der Waals surface area (Å²) in [4.78, 5) is 25.0. The standard InChI is InChI=1S/C32H59AsN5O5PS/c1-25(36-29(13-14-30(34)39)26(2)35-17-20-43-23-22-41-4)8-15-31(38(3)18-21-42-19-7-16-33)37-32(40)28-11-9-27(10-12-28)24-44(5,6)45/h27-29,31,35-36H,1-3,5,7-24H2,4,6H3,(H3-,34,37,39,40,45)/p+1. The first-order valence-corrected chi connectivity index (χ1v) is 21.2. The number of nitrogens with two attached hydrogens (primary N) is 1. The average molecular weight is 733 g/mol. The van der Waals surface area contributed by atoms with Gasteiger partial charge in [0.15, 0.2) is 0 Å². The maximum atomic E-state index is 13.4. The van der Waals surface area contributed by atoms with Crippen LogP contribution in [0.4, 0.5) is 0 Å². The van der Waals surface area contributed by atoms with Gasteiger partial charge in [0, 0.05) is 25.8 Å². The zero-order chi connectivity index (χ0) is 33.7. The fourth-order valence-corrected chi connectivity index (χ4v) is 7.74. The van der Waals surface area contributed by atoms with Crippen LogP contribution in [0.1, 0.15) is 57.8 Å². The Balaban J connectivity index is 2.77. The van der Waals surface area contributed by atoms with E-state index in [1.54, 1.807) is 7.11 Å². The van der Waals surface area contributed by atoms with E-state index in [0.29, 0.717) is 71.3 Å². The van der Waals surface area contributed by atoms with Crippen LogP contribution in [0.15, 0.2) is 24.6 Å². The van der Waals surface area contributed by atoms with Crippen molar-refractivity contribution in [1.82, 2.24) is 16.0 Å². The van der Waals surface area contributed by atoms with Gasteiger partial charge in [-0.3, -0.25) is 4.79 Å². The van der Waals surface area contributed by atoms with Crippen molar-refractivity contribution in [2.75, 3.05) is 66.1 Å². The van der Waals surface area contributed by atoms with Crippen molar-refractivity contribution in [1.29, 1.82) is 0 Å². The number of ether oxygens (including phenoxy) is 3. The van der Waals surface area contributed by atoms with Crippen molar-refractivity contribution in [2.24, 2.45) is 17.6 Å². The van der Waals surface area contributed by atoms with Crippen LogP contribution in [0.25, 0.3) is 0 Å². The van der Waals surface area contributed by atoms with Crippen molar-refractivity contribution >= 4 is 60.0 Å². The van der Waals surface area contributed by atoms with Gasteiger partial charge >= 0.3 is 136 Å². The summed E-state index contributed by atoms with van der Waals surface area (Å²) in [6, 6.07) is -0.242. The predicted molar refractivity (Wildman–Crippen MR) is 193 cm³/mol. The molecule has 0 aromatic carbocycles. The van der Waals surface area contributed by atoms with Gasteiger partial charge in [-0.15, -0.1) is 0 Å². The van der Waals surface area contributed by atoms with Crippen LogP contribution in [0.3, 0.4) is 0 Å². The van der Waals surface area contributed by atoms with Gasteiger partial charge in [0.1, 0.15) is 0 Å².